The molecule has 0 spiro atoms. The first kappa shape index (κ1) is 12.9. The molecule has 6 heteroatoms. The first-order chi connectivity index (χ1) is 9.74. The molecule has 20 heavy (non-hydrogen) atoms. The van der Waals surface area contributed by atoms with Gasteiger partial charge in [0.25, 0.3) is 0 Å². The Balaban J connectivity index is 1.65. The fraction of sp³-hybridized carbons (Fsp3) is 0.429. The van der Waals surface area contributed by atoms with Crippen LogP contribution in [0.4, 0.5) is 0 Å². The molecule has 0 saturated carbocycles. The number of carboxylic acids is 1. The third kappa shape index (κ3) is 2.60. The molecule has 1 aliphatic rings. The van der Waals surface area contributed by atoms with E-state index in [4.69, 9.17) is 5.11 Å². The summed E-state index contributed by atoms with van der Waals surface area (Å²) in [4.78, 5) is 13.2. The van der Waals surface area contributed by atoms with Crippen molar-refractivity contribution in [1.29, 1.82) is 0 Å². The van der Waals surface area contributed by atoms with Crippen molar-refractivity contribution in [3.05, 3.63) is 36.3 Å². The summed E-state index contributed by atoms with van der Waals surface area (Å²) in [7, 11) is 0. The summed E-state index contributed by atoms with van der Waals surface area (Å²) in [6, 6.07) is 3.95. The molecule has 106 valence electrons. The van der Waals surface area contributed by atoms with E-state index in [9.17, 15) is 4.79 Å². The second-order valence-electron chi connectivity index (χ2n) is 5.22. The standard InChI is InChI=1S/C14H18N4O2/c19-14(20)11-3-7-17(8-4-11)10-12-9-15-16-13(12)18-5-1-2-6-18/h1-2,5-6,9,11H,3-4,7-8,10H2,(H,15,16)(H,19,20). The van der Waals surface area contributed by atoms with Crippen LogP contribution in [0.5, 0.6) is 0 Å². The van der Waals surface area contributed by atoms with E-state index in [1.807, 2.05) is 35.3 Å². The molecule has 1 saturated heterocycles. The number of nitrogens with one attached hydrogen (secondary N) is 1. The van der Waals surface area contributed by atoms with Crippen LogP contribution < -0.4 is 0 Å². The lowest BCUT2D eigenvalue weighted by molar-refractivity contribution is -0.143. The van der Waals surface area contributed by atoms with Gasteiger partial charge in [0, 0.05) is 24.5 Å². The zero-order valence-electron chi connectivity index (χ0n) is 11.2. The van der Waals surface area contributed by atoms with Gasteiger partial charge in [0.1, 0.15) is 5.82 Å². The Kier molecular flexibility index (Phi) is 3.56. The lowest BCUT2D eigenvalue weighted by Gasteiger charge is -2.29. The summed E-state index contributed by atoms with van der Waals surface area (Å²) in [5.41, 5.74) is 1.13. The maximum atomic E-state index is 11.0. The Morgan fingerprint density at radius 2 is 2.05 bits per heavy atom. The highest BCUT2D eigenvalue weighted by molar-refractivity contribution is 5.70. The number of rotatable bonds is 4. The normalized spacial score (nSPS) is 17.4. The SMILES string of the molecule is O=C(O)C1CCN(Cc2cn[nH]c2-n2cccc2)CC1. The van der Waals surface area contributed by atoms with Crippen molar-refractivity contribution in [2.75, 3.05) is 13.1 Å². The first-order valence-electron chi connectivity index (χ1n) is 6.85. The highest BCUT2D eigenvalue weighted by atomic mass is 16.4. The number of carbonyl (C=O) groups is 1. The summed E-state index contributed by atoms with van der Waals surface area (Å²) in [6.45, 7) is 2.46. The largest absolute Gasteiger partial charge is 0.481 e. The van der Waals surface area contributed by atoms with Crippen LogP contribution in [0.15, 0.2) is 30.7 Å². The van der Waals surface area contributed by atoms with Crippen molar-refractivity contribution in [2.24, 2.45) is 5.92 Å². The van der Waals surface area contributed by atoms with E-state index in [2.05, 4.69) is 15.1 Å². The third-order valence-electron chi connectivity index (χ3n) is 3.89. The minimum atomic E-state index is -0.666. The third-order valence-corrected chi connectivity index (χ3v) is 3.89. The molecule has 6 nitrogen and oxygen atoms in total. The van der Waals surface area contributed by atoms with Crippen molar-refractivity contribution in [3.63, 3.8) is 0 Å². The van der Waals surface area contributed by atoms with Gasteiger partial charge in [-0.25, -0.2) is 0 Å². The van der Waals surface area contributed by atoms with Gasteiger partial charge in [0.15, 0.2) is 0 Å². The first-order valence-corrected chi connectivity index (χ1v) is 6.85. The second-order valence-corrected chi connectivity index (χ2v) is 5.22. The number of aromatic nitrogens is 3. The molecule has 2 aromatic rings. The van der Waals surface area contributed by atoms with E-state index >= 15 is 0 Å². The average Bonchev–Trinajstić information content (AvgIpc) is 3.09. The molecular formula is C14H18N4O2. The lowest BCUT2D eigenvalue weighted by Crippen LogP contribution is -2.35. The molecule has 0 atom stereocenters. The number of H-pyrrole nitrogens is 1. The molecule has 1 aliphatic heterocycles. The summed E-state index contributed by atoms with van der Waals surface area (Å²) in [5.74, 6) is 0.135. The number of carboxylic acid groups (broad SMARTS) is 1. The molecule has 1 fully saturated rings. The molecule has 3 heterocycles. The summed E-state index contributed by atoms with van der Waals surface area (Å²) < 4.78 is 2.01. The van der Waals surface area contributed by atoms with Crippen molar-refractivity contribution in [3.8, 4) is 5.82 Å². The Morgan fingerprint density at radius 1 is 1.35 bits per heavy atom. The zero-order chi connectivity index (χ0) is 13.9. The summed E-state index contributed by atoms with van der Waals surface area (Å²) in [6.07, 6.45) is 7.26. The highest BCUT2D eigenvalue weighted by Crippen LogP contribution is 2.21. The van der Waals surface area contributed by atoms with Gasteiger partial charge in [0.05, 0.1) is 12.1 Å². The molecule has 0 radical (unpaired) electrons. The lowest BCUT2D eigenvalue weighted by atomic mass is 9.97. The number of aliphatic carboxylic acids is 1. The van der Waals surface area contributed by atoms with Gasteiger partial charge in [-0.3, -0.25) is 14.8 Å². The quantitative estimate of drug-likeness (QED) is 0.886. The van der Waals surface area contributed by atoms with Crippen LogP contribution in [0.25, 0.3) is 5.82 Å². The van der Waals surface area contributed by atoms with Gasteiger partial charge in [-0.15, -0.1) is 0 Å². The van der Waals surface area contributed by atoms with Crippen molar-refractivity contribution >= 4 is 5.97 Å². The Bertz CT molecular complexity index is 568. The Hall–Kier alpha value is -2.08. The van der Waals surface area contributed by atoms with Crippen LogP contribution in [0.3, 0.4) is 0 Å². The van der Waals surface area contributed by atoms with Gasteiger partial charge in [-0.2, -0.15) is 5.10 Å². The van der Waals surface area contributed by atoms with E-state index in [0.717, 1.165) is 43.9 Å². The molecule has 2 N–H and O–H groups in total. The highest BCUT2D eigenvalue weighted by Gasteiger charge is 2.25. The number of hydrogen-bond donors (Lipinski definition) is 2. The smallest absolute Gasteiger partial charge is 0.306 e. The number of likely N-dealkylation sites (tertiary alicyclic amines) is 1. The zero-order valence-corrected chi connectivity index (χ0v) is 11.2. The van der Waals surface area contributed by atoms with E-state index in [-0.39, 0.29) is 5.92 Å². The van der Waals surface area contributed by atoms with Gasteiger partial charge in [0.2, 0.25) is 0 Å². The number of hydrogen-bond acceptors (Lipinski definition) is 3. The molecule has 0 unspecified atom stereocenters. The van der Waals surface area contributed by atoms with Crippen molar-refractivity contribution in [1.82, 2.24) is 19.7 Å². The minimum Gasteiger partial charge on any atom is -0.481 e. The molecule has 0 aliphatic carbocycles. The average molecular weight is 274 g/mol. The predicted molar refractivity (Wildman–Crippen MR) is 73.6 cm³/mol. The Labute approximate surface area is 117 Å². The molecule has 0 amide bonds. The Morgan fingerprint density at radius 3 is 2.70 bits per heavy atom. The minimum absolute atomic E-state index is 0.181. The van der Waals surface area contributed by atoms with Crippen LogP contribution in [0.2, 0.25) is 0 Å². The topological polar surface area (TPSA) is 74.2 Å². The molecule has 0 aromatic carbocycles. The van der Waals surface area contributed by atoms with Gasteiger partial charge >= 0.3 is 5.97 Å². The summed E-state index contributed by atoms with van der Waals surface area (Å²) >= 11 is 0. The van der Waals surface area contributed by atoms with Gasteiger partial charge < -0.3 is 9.67 Å². The molecule has 3 rings (SSSR count). The van der Waals surface area contributed by atoms with Crippen LogP contribution in [0.1, 0.15) is 18.4 Å². The van der Waals surface area contributed by atoms with Crippen LogP contribution in [-0.4, -0.2) is 43.8 Å². The fourth-order valence-corrected chi connectivity index (χ4v) is 2.71. The van der Waals surface area contributed by atoms with Crippen molar-refractivity contribution < 1.29 is 9.90 Å². The van der Waals surface area contributed by atoms with E-state index in [1.54, 1.807) is 0 Å². The maximum absolute atomic E-state index is 11.0. The van der Waals surface area contributed by atoms with E-state index in [1.165, 1.54) is 0 Å². The van der Waals surface area contributed by atoms with Gasteiger partial charge in [-0.05, 0) is 38.1 Å². The second kappa shape index (κ2) is 5.50. The predicted octanol–water partition coefficient (Wildman–Crippen LogP) is 1.50. The molecule has 0 bridgehead atoms. The van der Waals surface area contributed by atoms with Gasteiger partial charge in [-0.1, -0.05) is 0 Å². The van der Waals surface area contributed by atoms with Crippen molar-refractivity contribution in [2.45, 2.75) is 19.4 Å². The van der Waals surface area contributed by atoms with E-state index < -0.39 is 5.97 Å². The van der Waals surface area contributed by atoms with Crippen LogP contribution >= 0.6 is 0 Å². The molecule has 2 aromatic heterocycles. The van der Waals surface area contributed by atoms with Crippen LogP contribution in [-0.2, 0) is 11.3 Å². The molecular weight excluding hydrogens is 256 g/mol. The number of aromatic amines is 1. The van der Waals surface area contributed by atoms with E-state index in [0.29, 0.717) is 0 Å². The fourth-order valence-electron chi connectivity index (χ4n) is 2.71. The maximum Gasteiger partial charge on any atom is 0.306 e. The monoisotopic (exact) mass is 274 g/mol. The number of nitrogens with zero attached hydrogens (tertiary/aromatic N) is 3. The number of piperidine rings is 1. The summed E-state index contributed by atoms with van der Waals surface area (Å²) in [5, 5.41) is 16.2. The van der Waals surface area contributed by atoms with Crippen LogP contribution in [0, 0.1) is 5.92 Å².